The van der Waals surface area contributed by atoms with Crippen molar-refractivity contribution in [1.82, 2.24) is 14.9 Å². The zero-order chi connectivity index (χ0) is 17.5. The summed E-state index contributed by atoms with van der Waals surface area (Å²) in [6.07, 6.45) is 3.67. The Morgan fingerprint density at radius 2 is 2.21 bits per heavy atom. The number of benzene rings is 1. The number of carbonyl (C=O) groups is 1. The van der Waals surface area contributed by atoms with E-state index in [9.17, 15) is 4.79 Å². The summed E-state index contributed by atoms with van der Waals surface area (Å²) in [6, 6.07) is 8.05. The maximum atomic E-state index is 12.0. The molecular weight excluding hydrogens is 322 g/mol. The van der Waals surface area contributed by atoms with E-state index < -0.39 is 0 Å². The molecule has 24 heavy (non-hydrogen) atoms. The number of nitrogens with one attached hydrogen (secondary N) is 2. The molecule has 1 aromatic carbocycles. The van der Waals surface area contributed by atoms with E-state index in [-0.39, 0.29) is 6.03 Å². The second-order valence-corrected chi connectivity index (χ2v) is 6.87. The van der Waals surface area contributed by atoms with E-state index in [0.717, 1.165) is 22.3 Å². The molecule has 0 radical (unpaired) electrons. The molecule has 0 aliphatic rings. The molecule has 7 heteroatoms. The summed E-state index contributed by atoms with van der Waals surface area (Å²) in [4.78, 5) is 18.4. The van der Waals surface area contributed by atoms with Crippen molar-refractivity contribution >= 4 is 29.2 Å². The third-order valence-electron chi connectivity index (χ3n) is 3.68. The first-order chi connectivity index (χ1) is 11.5. The molecule has 2 aromatic rings. The quantitative estimate of drug-likeness (QED) is 0.596. The van der Waals surface area contributed by atoms with Crippen LogP contribution in [0.1, 0.15) is 13.8 Å². The standard InChI is InChI=1S/C17H25N5OS/c1-13(2)22(4)15-7-5-6-14(12-15)20-16(23)18-9-11-24-17-19-8-10-21(17)3/h5-8,10,12-13H,9,11H2,1-4H3,(H2,18,20,23). The molecule has 2 rings (SSSR count). The highest BCUT2D eigenvalue weighted by Crippen LogP contribution is 2.20. The van der Waals surface area contributed by atoms with E-state index in [1.54, 1.807) is 18.0 Å². The van der Waals surface area contributed by atoms with Crippen LogP contribution < -0.4 is 15.5 Å². The molecular formula is C17H25N5OS. The van der Waals surface area contributed by atoms with Crippen molar-refractivity contribution < 1.29 is 4.79 Å². The maximum Gasteiger partial charge on any atom is 0.319 e. The van der Waals surface area contributed by atoms with Crippen molar-refractivity contribution in [3.63, 3.8) is 0 Å². The monoisotopic (exact) mass is 347 g/mol. The van der Waals surface area contributed by atoms with Gasteiger partial charge in [-0.2, -0.15) is 0 Å². The van der Waals surface area contributed by atoms with Gasteiger partial charge in [-0.1, -0.05) is 17.8 Å². The van der Waals surface area contributed by atoms with Gasteiger partial charge in [0, 0.05) is 56.2 Å². The molecule has 2 N–H and O–H groups in total. The minimum absolute atomic E-state index is 0.195. The van der Waals surface area contributed by atoms with Gasteiger partial charge >= 0.3 is 6.03 Å². The normalized spacial score (nSPS) is 10.7. The number of urea groups is 1. The van der Waals surface area contributed by atoms with Gasteiger partial charge < -0.3 is 20.1 Å². The Balaban J connectivity index is 1.78. The van der Waals surface area contributed by atoms with E-state index in [1.807, 2.05) is 49.1 Å². The minimum atomic E-state index is -0.195. The van der Waals surface area contributed by atoms with Crippen LogP contribution in [0.4, 0.5) is 16.2 Å². The Morgan fingerprint density at radius 1 is 1.42 bits per heavy atom. The van der Waals surface area contributed by atoms with E-state index in [1.165, 1.54) is 0 Å². The third-order valence-corrected chi connectivity index (χ3v) is 4.74. The van der Waals surface area contributed by atoms with Crippen LogP contribution in [0, 0.1) is 0 Å². The molecule has 0 spiro atoms. The van der Waals surface area contributed by atoms with Gasteiger partial charge in [0.05, 0.1) is 0 Å². The van der Waals surface area contributed by atoms with Crippen molar-refractivity contribution in [1.29, 1.82) is 0 Å². The van der Waals surface area contributed by atoms with Gasteiger partial charge in [0.2, 0.25) is 0 Å². The van der Waals surface area contributed by atoms with E-state index in [2.05, 4.69) is 34.4 Å². The van der Waals surface area contributed by atoms with Gasteiger partial charge in [-0.3, -0.25) is 0 Å². The average molecular weight is 347 g/mol. The van der Waals surface area contributed by atoms with Crippen molar-refractivity contribution in [2.75, 3.05) is 29.6 Å². The maximum absolute atomic E-state index is 12.0. The molecule has 130 valence electrons. The number of amides is 2. The third kappa shape index (κ3) is 5.19. The summed E-state index contributed by atoms with van der Waals surface area (Å²) in [5, 5.41) is 6.68. The second kappa shape index (κ2) is 8.63. The van der Waals surface area contributed by atoms with Gasteiger partial charge in [-0.05, 0) is 32.0 Å². The highest BCUT2D eigenvalue weighted by atomic mass is 32.2. The fourth-order valence-corrected chi connectivity index (χ4v) is 2.86. The number of rotatable bonds is 7. The summed E-state index contributed by atoms with van der Waals surface area (Å²) in [7, 11) is 4.00. The minimum Gasteiger partial charge on any atom is -0.372 e. The van der Waals surface area contributed by atoms with Crippen LogP contribution in [0.15, 0.2) is 41.8 Å². The van der Waals surface area contributed by atoms with Gasteiger partial charge in [0.25, 0.3) is 0 Å². The zero-order valence-electron chi connectivity index (χ0n) is 14.6. The smallest absolute Gasteiger partial charge is 0.319 e. The number of imidazole rings is 1. The number of aryl methyl sites for hydroxylation is 1. The van der Waals surface area contributed by atoms with Crippen molar-refractivity contribution in [2.24, 2.45) is 7.05 Å². The van der Waals surface area contributed by atoms with Gasteiger partial charge in [-0.15, -0.1) is 0 Å². The predicted molar refractivity (Wildman–Crippen MR) is 101 cm³/mol. The fraction of sp³-hybridized carbons (Fsp3) is 0.412. The highest BCUT2D eigenvalue weighted by Gasteiger charge is 2.07. The van der Waals surface area contributed by atoms with Crippen LogP contribution in [-0.2, 0) is 7.05 Å². The summed E-state index contributed by atoms with van der Waals surface area (Å²) in [5.74, 6) is 0.772. The van der Waals surface area contributed by atoms with Crippen LogP contribution in [0.25, 0.3) is 0 Å². The number of hydrogen-bond acceptors (Lipinski definition) is 4. The largest absolute Gasteiger partial charge is 0.372 e. The van der Waals surface area contributed by atoms with Crippen LogP contribution in [0.3, 0.4) is 0 Å². The van der Waals surface area contributed by atoms with Crippen molar-refractivity contribution in [2.45, 2.75) is 25.0 Å². The molecule has 6 nitrogen and oxygen atoms in total. The highest BCUT2D eigenvalue weighted by molar-refractivity contribution is 7.99. The number of carbonyl (C=O) groups excluding carboxylic acids is 1. The summed E-state index contributed by atoms with van der Waals surface area (Å²) in [5.41, 5.74) is 1.86. The first-order valence-corrected chi connectivity index (χ1v) is 8.94. The number of thioether (sulfide) groups is 1. The number of aromatic nitrogens is 2. The SMILES string of the molecule is CC(C)N(C)c1cccc(NC(=O)NCCSc2nccn2C)c1. The Hall–Kier alpha value is -2.15. The average Bonchev–Trinajstić information content (AvgIpc) is 2.96. The topological polar surface area (TPSA) is 62.2 Å². The summed E-state index contributed by atoms with van der Waals surface area (Å²) < 4.78 is 1.96. The molecule has 1 aromatic heterocycles. The van der Waals surface area contributed by atoms with E-state index in [0.29, 0.717) is 12.6 Å². The van der Waals surface area contributed by atoms with E-state index in [4.69, 9.17) is 0 Å². The van der Waals surface area contributed by atoms with Gasteiger partial charge in [-0.25, -0.2) is 9.78 Å². The molecule has 0 aliphatic carbocycles. The zero-order valence-corrected chi connectivity index (χ0v) is 15.4. The second-order valence-electron chi connectivity index (χ2n) is 5.81. The molecule has 0 bridgehead atoms. The number of anilines is 2. The molecule has 0 saturated heterocycles. The summed E-state index contributed by atoms with van der Waals surface area (Å²) >= 11 is 1.61. The fourth-order valence-electron chi connectivity index (χ4n) is 2.07. The lowest BCUT2D eigenvalue weighted by molar-refractivity contribution is 0.252. The molecule has 0 atom stereocenters. The van der Waals surface area contributed by atoms with Gasteiger partial charge in [0.1, 0.15) is 0 Å². The predicted octanol–water partition coefficient (Wildman–Crippen LogP) is 3.18. The summed E-state index contributed by atoms with van der Waals surface area (Å²) in [6.45, 7) is 4.84. The van der Waals surface area contributed by atoms with Crippen LogP contribution in [0.2, 0.25) is 0 Å². The first-order valence-electron chi connectivity index (χ1n) is 7.95. The Morgan fingerprint density at radius 3 is 2.88 bits per heavy atom. The number of nitrogens with zero attached hydrogens (tertiary/aromatic N) is 3. The Bertz CT molecular complexity index is 671. The van der Waals surface area contributed by atoms with Gasteiger partial charge in [0.15, 0.2) is 5.16 Å². The lowest BCUT2D eigenvalue weighted by atomic mass is 10.2. The molecule has 2 amide bonds. The molecule has 0 fully saturated rings. The molecule has 0 unspecified atom stereocenters. The van der Waals surface area contributed by atoms with E-state index >= 15 is 0 Å². The molecule has 0 saturated carbocycles. The molecule has 0 aliphatic heterocycles. The lowest BCUT2D eigenvalue weighted by Crippen LogP contribution is -2.30. The van der Waals surface area contributed by atoms with Crippen molar-refractivity contribution in [3.05, 3.63) is 36.7 Å². The molecule has 1 heterocycles. The lowest BCUT2D eigenvalue weighted by Gasteiger charge is -2.24. The number of hydrogen-bond donors (Lipinski definition) is 2. The Labute approximate surface area is 147 Å². The first kappa shape index (κ1) is 18.2. The Kier molecular flexibility index (Phi) is 6.54. The van der Waals surface area contributed by atoms with Crippen LogP contribution in [-0.4, -0.2) is 41.0 Å². The van der Waals surface area contributed by atoms with Crippen LogP contribution >= 0.6 is 11.8 Å². The van der Waals surface area contributed by atoms with Crippen LogP contribution in [0.5, 0.6) is 0 Å². The van der Waals surface area contributed by atoms with Crippen molar-refractivity contribution in [3.8, 4) is 0 Å².